The first-order chi connectivity index (χ1) is 8.15. The van der Waals surface area contributed by atoms with Gasteiger partial charge in [0.1, 0.15) is 6.29 Å². The van der Waals surface area contributed by atoms with Crippen molar-refractivity contribution >= 4 is 23.8 Å². The quantitative estimate of drug-likeness (QED) is 0.453. The van der Waals surface area contributed by atoms with Crippen molar-refractivity contribution < 1.29 is 9.59 Å². The lowest BCUT2D eigenvalue weighted by molar-refractivity contribution is -0.110. The first kappa shape index (κ1) is 15.9. The van der Waals surface area contributed by atoms with Crippen LogP contribution < -0.4 is 0 Å². The lowest BCUT2D eigenvalue weighted by Gasteiger charge is -2.07. The van der Waals surface area contributed by atoms with Crippen LogP contribution >= 0.6 is 11.8 Å². The van der Waals surface area contributed by atoms with E-state index in [1.54, 1.807) is 18.7 Å². The van der Waals surface area contributed by atoms with E-state index in [0.717, 1.165) is 16.7 Å². The number of rotatable bonds is 5. The first-order valence-corrected chi connectivity index (χ1v) is 6.81. The van der Waals surface area contributed by atoms with E-state index in [2.05, 4.69) is 0 Å². The number of hydrogen-bond acceptors (Lipinski definition) is 3. The molecule has 0 aliphatic carbocycles. The molecule has 1 rings (SSSR count). The number of Topliss-reactive ketones (excluding diaryl/α,β-unsaturated/α-hetero) is 1. The zero-order valence-corrected chi connectivity index (χ0v) is 11.7. The summed E-state index contributed by atoms with van der Waals surface area (Å²) in [6.07, 6.45) is 0.934. The normalized spacial score (nSPS) is 11.1. The summed E-state index contributed by atoms with van der Waals surface area (Å²) in [5, 5.41) is 0. The van der Waals surface area contributed by atoms with Gasteiger partial charge in [0.15, 0.2) is 5.78 Å². The monoisotopic (exact) mass is 252 g/mol. The highest BCUT2D eigenvalue weighted by Crippen LogP contribution is 2.24. The van der Waals surface area contributed by atoms with Gasteiger partial charge in [0.2, 0.25) is 0 Å². The molecule has 0 bridgehead atoms. The lowest BCUT2D eigenvalue weighted by Crippen LogP contribution is -2.01. The second kappa shape index (κ2) is 8.99. The molecule has 0 N–H and O–H groups in total. The summed E-state index contributed by atoms with van der Waals surface area (Å²) < 4.78 is 0. The molecule has 0 aliphatic rings. The van der Waals surface area contributed by atoms with Crippen LogP contribution in [0.5, 0.6) is 0 Å². The van der Waals surface area contributed by atoms with E-state index in [-0.39, 0.29) is 11.7 Å². The Morgan fingerprint density at radius 3 is 2.47 bits per heavy atom. The molecular weight excluding hydrogens is 232 g/mol. The van der Waals surface area contributed by atoms with Crippen molar-refractivity contribution in [2.75, 3.05) is 5.75 Å². The van der Waals surface area contributed by atoms with Crippen LogP contribution in [-0.4, -0.2) is 17.8 Å². The number of carbonyl (C=O) groups excluding carboxylic acids is 2. The van der Waals surface area contributed by atoms with E-state index in [1.807, 2.05) is 45.0 Å². The third-order valence-corrected chi connectivity index (χ3v) is 3.36. The van der Waals surface area contributed by atoms with E-state index in [0.29, 0.717) is 5.75 Å². The summed E-state index contributed by atoms with van der Waals surface area (Å²) in [6.45, 7) is 7.43. The molecule has 1 aromatic rings. The van der Waals surface area contributed by atoms with Crippen molar-refractivity contribution in [3.63, 3.8) is 0 Å². The smallest absolute Gasteiger partial charge is 0.160 e. The molecule has 0 radical (unpaired) electrons. The maximum Gasteiger partial charge on any atom is 0.160 e. The Morgan fingerprint density at radius 1 is 1.35 bits per heavy atom. The van der Waals surface area contributed by atoms with Crippen molar-refractivity contribution in [2.24, 2.45) is 5.92 Å². The third kappa shape index (κ3) is 5.68. The van der Waals surface area contributed by atoms with Crippen LogP contribution in [0.4, 0.5) is 0 Å². The molecule has 0 saturated carbocycles. The highest BCUT2D eigenvalue weighted by Gasteiger charge is 2.08. The molecule has 17 heavy (non-hydrogen) atoms. The number of thioether (sulfide) groups is 1. The summed E-state index contributed by atoms with van der Waals surface area (Å²) in [5.74, 6) is 0.806. The van der Waals surface area contributed by atoms with Gasteiger partial charge in [-0.3, -0.25) is 4.79 Å². The Hall–Kier alpha value is -1.09. The van der Waals surface area contributed by atoms with E-state index >= 15 is 0 Å². The molecule has 94 valence electrons. The minimum atomic E-state index is 0.0232. The SMILES string of the molecule is CC.CC(=O)c1ccccc1SCC(C)C=O. The first-order valence-electron chi connectivity index (χ1n) is 5.83. The summed E-state index contributed by atoms with van der Waals surface area (Å²) in [7, 11) is 0. The van der Waals surface area contributed by atoms with Crippen molar-refractivity contribution in [1.29, 1.82) is 0 Å². The summed E-state index contributed by atoms with van der Waals surface area (Å²) in [5.41, 5.74) is 0.737. The highest BCUT2D eigenvalue weighted by molar-refractivity contribution is 7.99. The molecule has 2 nitrogen and oxygen atoms in total. The molecule has 1 aromatic carbocycles. The van der Waals surface area contributed by atoms with Crippen LogP contribution in [0.1, 0.15) is 38.1 Å². The van der Waals surface area contributed by atoms with E-state index in [4.69, 9.17) is 0 Å². The number of benzene rings is 1. The van der Waals surface area contributed by atoms with E-state index in [9.17, 15) is 9.59 Å². The summed E-state index contributed by atoms with van der Waals surface area (Å²) in [4.78, 5) is 22.7. The molecular formula is C14H20O2S. The van der Waals surface area contributed by atoms with E-state index in [1.165, 1.54) is 0 Å². The van der Waals surface area contributed by atoms with Crippen molar-refractivity contribution in [3.05, 3.63) is 29.8 Å². The third-order valence-electron chi connectivity index (χ3n) is 2.00. The number of ketones is 1. The van der Waals surface area contributed by atoms with Crippen LogP contribution in [-0.2, 0) is 4.79 Å². The highest BCUT2D eigenvalue weighted by atomic mass is 32.2. The topological polar surface area (TPSA) is 34.1 Å². The molecule has 3 heteroatoms. The second-order valence-electron chi connectivity index (χ2n) is 3.48. The van der Waals surface area contributed by atoms with Gasteiger partial charge in [-0.25, -0.2) is 0 Å². The van der Waals surface area contributed by atoms with Gasteiger partial charge in [-0.2, -0.15) is 0 Å². The van der Waals surface area contributed by atoms with Crippen molar-refractivity contribution in [1.82, 2.24) is 0 Å². The van der Waals surface area contributed by atoms with Crippen LogP contribution in [0, 0.1) is 5.92 Å². The van der Waals surface area contributed by atoms with Crippen molar-refractivity contribution in [2.45, 2.75) is 32.6 Å². The molecule has 0 spiro atoms. The fourth-order valence-corrected chi connectivity index (χ4v) is 2.21. The molecule has 0 aliphatic heterocycles. The Labute approximate surface area is 108 Å². The predicted molar refractivity (Wildman–Crippen MR) is 73.7 cm³/mol. The predicted octanol–water partition coefficient (Wildman–Crippen LogP) is 3.84. The van der Waals surface area contributed by atoms with Gasteiger partial charge < -0.3 is 4.79 Å². The Balaban J connectivity index is 0.00000121. The van der Waals surface area contributed by atoms with Gasteiger partial charge in [0.05, 0.1) is 0 Å². The maximum absolute atomic E-state index is 11.3. The Bertz CT molecular complexity index is 361. The summed E-state index contributed by atoms with van der Waals surface area (Å²) in [6, 6.07) is 7.49. The molecule has 0 fully saturated rings. The van der Waals surface area contributed by atoms with E-state index < -0.39 is 0 Å². The molecule has 0 saturated heterocycles. The fraction of sp³-hybridized carbons (Fsp3) is 0.429. The van der Waals surface area contributed by atoms with Gasteiger partial charge >= 0.3 is 0 Å². The average Bonchev–Trinajstić information content (AvgIpc) is 2.38. The molecule has 1 unspecified atom stereocenters. The number of aldehydes is 1. The van der Waals surface area contributed by atoms with Gasteiger partial charge in [0.25, 0.3) is 0 Å². The largest absolute Gasteiger partial charge is 0.303 e. The van der Waals surface area contributed by atoms with Gasteiger partial charge in [-0.05, 0) is 13.0 Å². The second-order valence-corrected chi connectivity index (χ2v) is 4.54. The zero-order valence-electron chi connectivity index (χ0n) is 10.9. The summed E-state index contributed by atoms with van der Waals surface area (Å²) >= 11 is 1.56. The minimum absolute atomic E-state index is 0.0232. The minimum Gasteiger partial charge on any atom is -0.303 e. The molecule has 0 aromatic heterocycles. The zero-order chi connectivity index (χ0) is 13.3. The average molecular weight is 252 g/mol. The maximum atomic E-state index is 11.3. The number of carbonyl (C=O) groups is 2. The Kier molecular flexibility index (Phi) is 8.42. The van der Waals surface area contributed by atoms with Gasteiger partial charge in [-0.1, -0.05) is 39.0 Å². The van der Waals surface area contributed by atoms with Gasteiger partial charge in [-0.15, -0.1) is 11.8 Å². The molecule has 0 amide bonds. The number of hydrogen-bond donors (Lipinski definition) is 0. The van der Waals surface area contributed by atoms with Crippen LogP contribution in [0.15, 0.2) is 29.2 Å². The fourth-order valence-electron chi connectivity index (χ4n) is 1.14. The molecule has 0 heterocycles. The van der Waals surface area contributed by atoms with Crippen molar-refractivity contribution in [3.8, 4) is 0 Å². The standard InChI is InChI=1S/C12H14O2S.C2H6/c1-9(7-13)8-15-12-6-4-3-5-11(12)10(2)14;1-2/h3-7,9H,8H2,1-2H3;1-2H3. The lowest BCUT2D eigenvalue weighted by atomic mass is 10.1. The molecule has 1 atom stereocenters. The Morgan fingerprint density at radius 2 is 1.94 bits per heavy atom. The van der Waals surface area contributed by atoms with Crippen LogP contribution in [0.2, 0.25) is 0 Å². The van der Waals surface area contributed by atoms with Crippen LogP contribution in [0.25, 0.3) is 0 Å². The van der Waals surface area contributed by atoms with Crippen LogP contribution in [0.3, 0.4) is 0 Å². The van der Waals surface area contributed by atoms with Gasteiger partial charge in [0, 0.05) is 22.1 Å².